The van der Waals surface area contributed by atoms with Gasteiger partial charge in [0.2, 0.25) is 0 Å². The Kier molecular flexibility index (Phi) is 9.26. The van der Waals surface area contributed by atoms with Gasteiger partial charge >= 0.3 is 0 Å². The highest BCUT2D eigenvalue weighted by Gasteiger charge is 2.26. The maximum Gasteiger partial charge on any atom is 0.0882 e. The van der Waals surface area contributed by atoms with Crippen molar-refractivity contribution in [3.8, 4) is 0 Å². The third-order valence-electron chi connectivity index (χ3n) is 6.67. The summed E-state index contributed by atoms with van der Waals surface area (Å²) in [5.41, 5.74) is 6.78. The zero-order valence-electron chi connectivity index (χ0n) is 21.5. The molecule has 1 N–H and O–H groups in total. The zero-order chi connectivity index (χ0) is 24.5. The standard InChI is InChI=1S/C30H40N4/c1-7-23(5)30(9-3)34(16-12-13-25-20-32-28-15-11-10-14-27(25)28)21-29(33-24(6)8-2)26-17-22(4)18-31-19-26/h8-11,14-15,17-21,23,27-28,32H,2,7,12-13,16H2,1,3-6H3/b29-21-,30-9-,33-24?. The second-order valence-electron chi connectivity index (χ2n) is 9.25. The molecule has 34 heavy (non-hydrogen) atoms. The van der Waals surface area contributed by atoms with Crippen LogP contribution in [0.15, 0.2) is 90.2 Å². The third kappa shape index (κ3) is 6.47. The summed E-state index contributed by atoms with van der Waals surface area (Å²) in [6.07, 6.45) is 24.4. The van der Waals surface area contributed by atoms with E-state index in [0.29, 0.717) is 17.9 Å². The highest BCUT2D eigenvalue weighted by atomic mass is 15.1. The van der Waals surface area contributed by atoms with Crippen LogP contribution in [0.2, 0.25) is 0 Å². The summed E-state index contributed by atoms with van der Waals surface area (Å²) >= 11 is 0. The van der Waals surface area contributed by atoms with E-state index in [0.717, 1.165) is 48.3 Å². The number of allylic oxidation sites excluding steroid dienone is 5. The fourth-order valence-electron chi connectivity index (χ4n) is 4.57. The monoisotopic (exact) mass is 456 g/mol. The van der Waals surface area contributed by atoms with Gasteiger partial charge in [-0.25, -0.2) is 0 Å². The molecule has 1 aliphatic carbocycles. The Labute approximate surface area is 206 Å². The minimum atomic E-state index is 0.416. The molecule has 3 atom stereocenters. The quantitative estimate of drug-likeness (QED) is 0.366. The molecule has 180 valence electrons. The van der Waals surface area contributed by atoms with Crippen LogP contribution in [0.4, 0.5) is 0 Å². The van der Waals surface area contributed by atoms with Crippen molar-refractivity contribution in [2.24, 2.45) is 16.8 Å². The van der Waals surface area contributed by atoms with Gasteiger partial charge in [0.1, 0.15) is 0 Å². The first-order valence-electron chi connectivity index (χ1n) is 12.5. The van der Waals surface area contributed by atoms with Crippen LogP contribution in [-0.2, 0) is 0 Å². The molecule has 3 rings (SSSR count). The lowest BCUT2D eigenvalue weighted by Gasteiger charge is -2.29. The van der Waals surface area contributed by atoms with E-state index in [1.165, 1.54) is 11.3 Å². The number of aliphatic imine (C=N–C) groups is 1. The summed E-state index contributed by atoms with van der Waals surface area (Å²) in [6, 6.07) is 2.56. The van der Waals surface area contributed by atoms with Crippen LogP contribution in [0.25, 0.3) is 5.70 Å². The minimum Gasteiger partial charge on any atom is -0.384 e. The van der Waals surface area contributed by atoms with Crippen molar-refractivity contribution < 1.29 is 0 Å². The van der Waals surface area contributed by atoms with Crippen molar-refractivity contribution >= 4 is 11.4 Å². The van der Waals surface area contributed by atoms with E-state index in [1.807, 2.05) is 19.3 Å². The molecule has 2 aliphatic rings. The van der Waals surface area contributed by atoms with Crippen LogP contribution in [0.3, 0.4) is 0 Å². The number of fused-ring (bicyclic) bond motifs is 1. The summed E-state index contributed by atoms with van der Waals surface area (Å²) in [5, 5.41) is 3.52. The molecule has 0 bridgehead atoms. The maximum atomic E-state index is 4.90. The van der Waals surface area contributed by atoms with Crippen molar-refractivity contribution in [3.63, 3.8) is 0 Å². The second kappa shape index (κ2) is 12.4. The van der Waals surface area contributed by atoms with Crippen LogP contribution in [0.5, 0.6) is 0 Å². The number of nitrogens with one attached hydrogen (secondary N) is 1. The van der Waals surface area contributed by atoms with Crippen LogP contribution < -0.4 is 5.32 Å². The molecule has 0 aromatic carbocycles. The molecular formula is C30H40N4. The molecule has 4 nitrogen and oxygen atoms in total. The lowest BCUT2D eigenvalue weighted by atomic mass is 9.89. The average molecular weight is 457 g/mol. The summed E-state index contributed by atoms with van der Waals surface area (Å²) < 4.78 is 0. The Morgan fingerprint density at radius 2 is 2.09 bits per heavy atom. The van der Waals surface area contributed by atoms with Gasteiger partial charge in [-0.3, -0.25) is 9.98 Å². The Balaban J connectivity index is 1.87. The summed E-state index contributed by atoms with van der Waals surface area (Å²) in [5.74, 6) is 0.948. The van der Waals surface area contributed by atoms with E-state index in [-0.39, 0.29) is 0 Å². The summed E-state index contributed by atoms with van der Waals surface area (Å²) in [7, 11) is 0. The lowest BCUT2D eigenvalue weighted by Crippen LogP contribution is -2.25. The first-order valence-corrected chi connectivity index (χ1v) is 12.5. The van der Waals surface area contributed by atoms with E-state index in [9.17, 15) is 0 Å². The van der Waals surface area contributed by atoms with Gasteiger partial charge < -0.3 is 10.2 Å². The van der Waals surface area contributed by atoms with Gasteiger partial charge in [-0.2, -0.15) is 0 Å². The molecule has 1 aliphatic heterocycles. The van der Waals surface area contributed by atoms with Crippen molar-refractivity contribution in [1.29, 1.82) is 0 Å². The number of hydrogen-bond donors (Lipinski definition) is 1. The number of aryl methyl sites for hydroxylation is 1. The fraction of sp³-hybridized carbons (Fsp3) is 0.400. The first-order chi connectivity index (χ1) is 16.5. The minimum absolute atomic E-state index is 0.416. The molecule has 1 aromatic heterocycles. The number of rotatable bonds is 11. The van der Waals surface area contributed by atoms with Crippen LogP contribution in [0.1, 0.15) is 58.1 Å². The van der Waals surface area contributed by atoms with Gasteiger partial charge in [0.25, 0.3) is 0 Å². The SMILES string of the molecule is C=CC(C)=N/C(=C\N(CCCC1=CNC2C=CC=CC12)/C(=C\C)C(C)CC)c1cncc(C)c1. The predicted molar refractivity (Wildman–Crippen MR) is 146 cm³/mol. The van der Waals surface area contributed by atoms with Gasteiger partial charge in [-0.1, -0.05) is 50.8 Å². The Morgan fingerprint density at radius 3 is 2.79 bits per heavy atom. The van der Waals surface area contributed by atoms with Gasteiger partial charge in [-0.15, -0.1) is 0 Å². The van der Waals surface area contributed by atoms with Gasteiger partial charge in [-0.05, 0) is 75.4 Å². The molecule has 0 amide bonds. The molecule has 0 fully saturated rings. The predicted octanol–water partition coefficient (Wildman–Crippen LogP) is 6.97. The molecular weight excluding hydrogens is 416 g/mol. The fourth-order valence-corrected chi connectivity index (χ4v) is 4.57. The highest BCUT2D eigenvalue weighted by Crippen LogP contribution is 2.30. The van der Waals surface area contributed by atoms with Crippen molar-refractivity contribution in [3.05, 3.63) is 96.3 Å². The highest BCUT2D eigenvalue weighted by molar-refractivity contribution is 5.96. The van der Waals surface area contributed by atoms with Crippen molar-refractivity contribution in [1.82, 2.24) is 15.2 Å². The topological polar surface area (TPSA) is 40.5 Å². The zero-order valence-corrected chi connectivity index (χ0v) is 21.5. The number of hydrogen-bond acceptors (Lipinski definition) is 4. The molecule has 3 unspecified atom stereocenters. The second-order valence-corrected chi connectivity index (χ2v) is 9.25. The van der Waals surface area contributed by atoms with E-state index in [2.05, 4.69) is 98.3 Å². The van der Waals surface area contributed by atoms with Gasteiger partial charge in [0.05, 0.1) is 11.7 Å². The first kappa shape index (κ1) is 25.5. The van der Waals surface area contributed by atoms with E-state index in [1.54, 1.807) is 6.08 Å². The Hall–Kier alpha value is -3.14. The molecule has 0 saturated heterocycles. The molecule has 0 saturated carbocycles. The lowest BCUT2D eigenvalue weighted by molar-refractivity contribution is 0.388. The number of aromatic nitrogens is 1. The Morgan fingerprint density at radius 1 is 1.29 bits per heavy atom. The van der Waals surface area contributed by atoms with E-state index >= 15 is 0 Å². The molecule has 4 heteroatoms. The summed E-state index contributed by atoms with van der Waals surface area (Å²) in [4.78, 5) is 11.7. The summed E-state index contributed by atoms with van der Waals surface area (Å²) in [6.45, 7) is 15.6. The van der Waals surface area contributed by atoms with Crippen LogP contribution in [-0.4, -0.2) is 28.2 Å². The van der Waals surface area contributed by atoms with Crippen molar-refractivity contribution in [2.45, 2.75) is 59.9 Å². The molecule has 2 heterocycles. The smallest absolute Gasteiger partial charge is 0.0882 e. The van der Waals surface area contributed by atoms with E-state index in [4.69, 9.17) is 4.99 Å². The van der Waals surface area contributed by atoms with Crippen LogP contribution in [0, 0.1) is 18.8 Å². The largest absolute Gasteiger partial charge is 0.384 e. The molecule has 0 spiro atoms. The normalized spacial score (nSPS) is 21.1. The van der Waals surface area contributed by atoms with Crippen LogP contribution >= 0.6 is 0 Å². The number of pyridine rings is 1. The third-order valence-corrected chi connectivity index (χ3v) is 6.67. The van der Waals surface area contributed by atoms with Gasteiger partial charge in [0, 0.05) is 48.0 Å². The molecule has 1 aromatic rings. The maximum absolute atomic E-state index is 4.90. The number of nitrogens with zero attached hydrogens (tertiary/aromatic N) is 3. The van der Waals surface area contributed by atoms with Crippen molar-refractivity contribution in [2.75, 3.05) is 6.54 Å². The van der Waals surface area contributed by atoms with E-state index < -0.39 is 0 Å². The Bertz CT molecular complexity index is 1040. The molecule has 0 radical (unpaired) electrons. The van der Waals surface area contributed by atoms with Gasteiger partial charge in [0.15, 0.2) is 0 Å². The average Bonchev–Trinajstić information content (AvgIpc) is 3.26.